The first-order valence-corrected chi connectivity index (χ1v) is 5.33. The van der Waals surface area contributed by atoms with Gasteiger partial charge in [-0.1, -0.05) is 6.07 Å². The highest BCUT2D eigenvalue weighted by Gasteiger charge is 2.05. The maximum Gasteiger partial charge on any atom is 0.175 e. The number of sulfone groups is 1. The molecule has 0 saturated carbocycles. The van der Waals surface area contributed by atoms with Crippen molar-refractivity contribution in [1.82, 2.24) is 0 Å². The predicted octanol–water partition coefficient (Wildman–Crippen LogP) is 1.38. The second-order valence-corrected chi connectivity index (χ2v) is 4.80. The first-order valence-electron chi connectivity index (χ1n) is 2.99. The predicted molar refractivity (Wildman–Crippen MR) is 46.8 cm³/mol. The molecule has 1 aromatic carbocycles. The third kappa shape index (κ3) is 2.24. The third-order valence-corrected chi connectivity index (χ3v) is 2.63. The molecule has 1 aromatic rings. The van der Waals surface area contributed by atoms with Crippen LogP contribution in [0.1, 0.15) is 0 Å². The Bertz CT molecular complexity index is 354. The zero-order chi connectivity index (χ0) is 8.48. The summed E-state index contributed by atoms with van der Waals surface area (Å²) >= 11 is 4.02. The maximum atomic E-state index is 11.0. The van der Waals surface area contributed by atoms with Gasteiger partial charge in [0.25, 0.3) is 0 Å². The van der Waals surface area contributed by atoms with Crippen molar-refractivity contribution >= 4 is 22.5 Å². The molecule has 0 spiro atoms. The number of thiol groups is 1. The highest BCUT2D eigenvalue weighted by molar-refractivity contribution is 7.90. The van der Waals surface area contributed by atoms with Crippen LogP contribution in [0, 0.1) is 0 Å². The monoisotopic (exact) mass is 188 g/mol. The van der Waals surface area contributed by atoms with Crippen LogP contribution in [-0.2, 0) is 9.84 Å². The van der Waals surface area contributed by atoms with Crippen LogP contribution in [0.25, 0.3) is 0 Å². The Balaban J connectivity index is 3.28. The molecule has 1 rings (SSSR count). The van der Waals surface area contributed by atoms with Crippen LogP contribution < -0.4 is 0 Å². The van der Waals surface area contributed by atoms with Gasteiger partial charge in [0.15, 0.2) is 9.84 Å². The zero-order valence-electron chi connectivity index (χ0n) is 5.98. The molecule has 0 aromatic heterocycles. The molecule has 0 saturated heterocycles. The van der Waals surface area contributed by atoms with Crippen LogP contribution in [0.4, 0.5) is 0 Å². The lowest BCUT2D eigenvalue weighted by molar-refractivity contribution is 0.601. The second-order valence-electron chi connectivity index (χ2n) is 2.27. The fraction of sp³-hybridized carbons (Fsp3) is 0.143. The van der Waals surface area contributed by atoms with Crippen molar-refractivity contribution < 1.29 is 8.42 Å². The molecule has 0 heterocycles. The van der Waals surface area contributed by atoms with Crippen LogP contribution in [-0.4, -0.2) is 14.7 Å². The summed E-state index contributed by atoms with van der Waals surface area (Å²) in [4.78, 5) is 0.970. The van der Waals surface area contributed by atoms with Crippen LogP contribution in [0.2, 0.25) is 0 Å². The molecule has 0 atom stereocenters. The van der Waals surface area contributed by atoms with Gasteiger partial charge >= 0.3 is 0 Å². The van der Waals surface area contributed by atoms with E-state index in [2.05, 4.69) is 12.6 Å². The minimum absolute atomic E-state index is 0.310. The number of rotatable bonds is 1. The zero-order valence-corrected chi connectivity index (χ0v) is 7.69. The summed E-state index contributed by atoms with van der Waals surface area (Å²) in [5, 5.41) is 0. The minimum atomic E-state index is -3.07. The lowest BCUT2D eigenvalue weighted by Gasteiger charge is -1.97. The molecule has 0 bridgehead atoms. The summed E-state index contributed by atoms with van der Waals surface area (Å²) < 4.78 is 21.9. The molecule has 0 aliphatic carbocycles. The fourth-order valence-corrected chi connectivity index (χ4v) is 1.69. The summed E-state index contributed by atoms with van der Waals surface area (Å²) in [6, 6.07) is 6.48. The Morgan fingerprint density at radius 2 is 2.00 bits per heavy atom. The van der Waals surface area contributed by atoms with Crippen LogP contribution in [0.5, 0.6) is 0 Å². The van der Waals surface area contributed by atoms with E-state index in [4.69, 9.17) is 0 Å². The Labute approximate surface area is 71.6 Å². The van der Waals surface area contributed by atoms with Crippen LogP contribution in [0.15, 0.2) is 34.1 Å². The SMILES string of the molecule is CS(=O)(=O)c1cccc(S)c1. The van der Waals surface area contributed by atoms with Gasteiger partial charge in [-0.05, 0) is 18.2 Å². The fourth-order valence-electron chi connectivity index (χ4n) is 0.714. The second kappa shape index (κ2) is 2.87. The summed E-state index contributed by atoms with van der Waals surface area (Å²) in [6.45, 7) is 0. The van der Waals surface area contributed by atoms with Gasteiger partial charge in [-0.15, -0.1) is 12.6 Å². The van der Waals surface area contributed by atoms with E-state index >= 15 is 0 Å². The molecular weight excluding hydrogens is 180 g/mol. The first kappa shape index (κ1) is 8.62. The summed E-state index contributed by atoms with van der Waals surface area (Å²) in [7, 11) is -3.07. The van der Waals surface area contributed by atoms with Gasteiger partial charge in [-0.3, -0.25) is 0 Å². The van der Waals surface area contributed by atoms with Gasteiger partial charge < -0.3 is 0 Å². The highest BCUT2D eigenvalue weighted by Crippen LogP contribution is 2.13. The topological polar surface area (TPSA) is 34.1 Å². The van der Waals surface area contributed by atoms with E-state index in [-0.39, 0.29) is 0 Å². The number of benzene rings is 1. The summed E-state index contributed by atoms with van der Waals surface area (Å²) in [5.74, 6) is 0. The van der Waals surface area contributed by atoms with Crippen LogP contribution >= 0.6 is 12.6 Å². The number of hydrogen-bond donors (Lipinski definition) is 1. The quantitative estimate of drug-likeness (QED) is 0.676. The molecule has 0 fully saturated rings. The van der Waals surface area contributed by atoms with E-state index in [1.807, 2.05) is 0 Å². The lowest BCUT2D eigenvalue weighted by Crippen LogP contribution is -1.95. The van der Waals surface area contributed by atoms with Crippen molar-refractivity contribution in [3.8, 4) is 0 Å². The normalized spacial score (nSPS) is 11.5. The summed E-state index contributed by atoms with van der Waals surface area (Å²) in [5.41, 5.74) is 0. The molecule has 2 nitrogen and oxygen atoms in total. The van der Waals surface area contributed by atoms with Crippen molar-refractivity contribution in [2.45, 2.75) is 9.79 Å². The van der Waals surface area contributed by atoms with E-state index in [1.54, 1.807) is 18.2 Å². The average Bonchev–Trinajstić information content (AvgIpc) is 1.86. The van der Waals surface area contributed by atoms with Gasteiger partial charge in [-0.25, -0.2) is 8.42 Å². The molecule has 11 heavy (non-hydrogen) atoms. The molecule has 0 unspecified atom stereocenters. The summed E-state index contributed by atoms with van der Waals surface area (Å²) in [6.07, 6.45) is 1.18. The largest absolute Gasteiger partial charge is 0.224 e. The lowest BCUT2D eigenvalue weighted by atomic mass is 10.4. The molecular formula is C7H8O2S2. The van der Waals surface area contributed by atoms with E-state index in [0.29, 0.717) is 9.79 Å². The maximum absolute atomic E-state index is 11.0. The van der Waals surface area contributed by atoms with Crippen molar-refractivity contribution in [3.05, 3.63) is 24.3 Å². The molecule has 0 aliphatic heterocycles. The van der Waals surface area contributed by atoms with Crippen molar-refractivity contribution in [3.63, 3.8) is 0 Å². The molecule has 0 N–H and O–H groups in total. The average molecular weight is 188 g/mol. The van der Waals surface area contributed by atoms with Crippen molar-refractivity contribution in [2.24, 2.45) is 0 Å². The highest BCUT2D eigenvalue weighted by atomic mass is 32.2. The first-order chi connectivity index (χ1) is 5.00. The molecule has 60 valence electrons. The van der Waals surface area contributed by atoms with Crippen LogP contribution in [0.3, 0.4) is 0 Å². The van der Waals surface area contributed by atoms with Gasteiger partial charge in [0.2, 0.25) is 0 Å². The molecule has 0 amide bonds. The Kier molecular flexibility index (Phi) is 2.25. The Morgan fingerprint density at radius 3 is 2.36 bits per heavy atom. The van der Waals surface area contributed by atoms with E-state index < -0.39 is 9.84 Å². The molecule has 4 heteroatoms. The van der Waals surface area contributed by atoms with Gasteiger partial charge in [-0.2, -0.15) is 0 Å². The smallest absolute Gasteiger partial charge is 0.175 e. The van der Waals surface area contributed by atoms with Gasteiger partial charge in [0.05, 0.1) is 4.90 Å². The minimum Gasteiger partial charge on any atom is -0.224 e. The third-order valence-electron chi connectivity index (χ3n) is 1.25. The number of hydrogen-bond acceptors (Lipinski definition) is 3. The molecule has 0 aliphatic rings. The Morgan fingerprint density at radius 1 is 1.36 bits per heavy atom. The van der Waals surface area contributed by atoms with E-state index in [9.17, 15) is 8.42 Å². The van der Waals surface area contributed by atoms with Gasteiger partial charge in [0, 0.05) is 11.2 Å². The van der Waals surface area contributed by atoms with Crippen molar-refractivity contribution in [1.29, 1.82) is 0 Å². The van der Waals surface area contributed by atoms with Gasteiger partial charge in [0.1, 0.15) is 0 Å². The Hall–Kier alpha value is -0.480. The molecule has 0 radical (unpaired) electrons. The standard InChI is InChI=1S/C7H8O2S2/c1-11(8,9)7-4-2-3-6(10)5-7/h2-5,10H,1H3. The van der Waals surface area contributed by atoms with E-state index in [0.717, 1.165) is 0 Å². The van der Waals surface area contributed by atoms with E-state index in [1.165, 1.54) is 12.3 Å². The van der Waals surface area contributed by atoms with Crippen molar-refractivity contribution in [2.75, 3.05) is 6.26 Å².